The van der Waals surface area contributed by atoms with Crippen molar-refractivity contribution < 1.29 is 4.79 Å². The number of para-hydroxylation sites is 1. The van der Waals surface area contributed by atoms with Crippen LogP contribution >= 0.6 is 11.8 Å². The first-order chi connectivity index (χ1) is 11.3. The number of carbonyl (C=O) groups is 1. The van der Waals surface area contributed by atoms with E-state index in [0.717, 1.165) is 16.5 Å². The first-order valence-corrected chi connectivity index (χ1v) is 9.44. The minimum Gasteiger partial charge on any atom is -0.346 e. The van der Waals surface area contributed by atoms with Gasteiger partial charge < -0.3 is 4.57 Å². The van der Waals surface area contributed by atoms with Crippen molar-refractivity contribution in [3.05, 3.63) is 36.0 Å². The van der Waals surface area contributed by atoms with Crippen LogP contribution in [0.15, 0.2) is 30.5 Å². The van der Waals surface area contributed by atoms with Crippen LogP contribution in [0.3, 0.4) is 0 Å². The maximum atomic E-state index is 12.7. The van der Waals surface area contributed by atoms with Crippen molar-refractivity contribution in [1.82, 2.24) is 4.57 Å². The zero-order chi connectivity index (χ0) is 16.1. The molecular formula is C19H22N2OS. The fourth-order valence-electron chi connectivity index (χ4n) is 3.33. The highest BCUT2D eigenvalue weighted by Crippen LogP contribution is 2.30. The third-order valence-electron chi connectivity index (χ3n) is 4.56. The number of carbonyl (C=O) groups excluding carboxylic acids is 1. The molecule has 1 saturated carbocycles. The maximum absolute atomic E-state index is 12.7. The first-order valence-electron chi connectivity index (χ1n) is 8.39. The molecule has 120 valence electrons. The average molecular weight is 326 g/mol. The minimum absolute atomic E-state index is 0.215. The van der Waals surface area contributed by atoms with Crippen LogP contribution < -0.4 is 0 Å². The van der Waals surface area contributed by atoms with E-state index in [1.165, 1.54) is 32.1 Å². The number of thioether (sulfide) groups is 1. The van der Waals surface area contributed by atoms with Gasteiger partial charge in [0, 0.05) is 34.5 Å². The third-order valence-corrected chi connectivity index (χ3v) is 5.93. The SMILES string of the molecule is N#CCCn1cc(C(=O)CSC2CCCCC2)c2ccccc21. The second kappa shape index (κ2) is 7.70. The molecule has 3 nitrogen and oxygen atoms in total. The van der Waals surface area contributed by atoms with E-state index >= 15 is 0 Å². The average Bonchev–Trinajstić information content (AvgIpc) is 2.98. The standard InChI is InChI=1S/C19H22N2OS/c20-11-6-12-21-13-17(16-9-4-5-10-18(16)21)19(22)14-23-15-7-2-1-3-8-15/h4-5,9-10,13,15H,1-3,6-8,12,14H2. The highest BCUT2D eigenvalue weighted by molar-refractivity contribution is 8.00. The van der Waals surface area contributed by atoms with E-state index in [2.05, 4.69) is 6.07 Å². The first kappa shape index (κ1) is 16.1. The Balaban J connectivity index is 1.75. The number of rotatable bonds is 6. The van der Waals surface area contributed by atoms with Crippen molar-refractivity contribution in [3.63, 3.8) is 0 Å². The Kier molecular flexibility index (Phi) is 5.40. The monoisotopic (exact) mass is 326 g/mol. The molecule has 0 radical (unpaired) electrons. The number of aromatic nitrogens is 1. The largest absolute Gasteiger partial charge is 0.346 e. The number of aryl methyl sites for hydroxylation is 1. The van der Waals surface area contributed by atoms with Crippen LogP contribution in [0.2, 0.25) is 0 Å². The molecule has 0 saturated heterocycles. The minimum atomic E-state index is 0.215. The molecule has 1 aromatic heterocycles. The molecule has 3 rings (SSSR count). The number of benzene rings is 1. The molecular weight excluding hydrogens is 304 g/mol. The molecule has 1 aliphatic rings. The smallest absolute Gasteiger partial charge is 0.174 e. The lowest BCUT2D eigenvalue weighted by Gasteiger charge is -2.20. The van der Waals surface area contributed by atoms with Crippen LogP contribution in [0.4, 0.5) is 0 Å². The van der Waals surface area contributed by atoms with Gasteiger partial charge in [-0.1, -0.05) is 37.5 Å². The van der Waals surface area contributed by atoms with Crippen molar-refractivity contribution in [1.29, 1.82) is 5.26 Å². The van der Waals surface area contributed by atoms with Crippen molar-refractivity contribution >= 4 is 28.4 Å². The molecule has 1 fully saturated rings. The summed E-state index contributed by atoms with van der Waals surface area (Å²) in [6.07, 6.45) is 8.86. The summed E-state index contributed by atoms with van der Waals surface area (Å²) in [5, 5.41) is 10.5. The summed E-state index contributed by atoms with van der Waals surface area (Å²) >= 11 is 1.82. The van der Waals surface area contributed by atoms with Gasteiger partial charge in [0.25, 0.3) is 0 Å². The zero-order valence-corrected chi connectivity index (χ0v) is 14.1. The second-order valence-corrected chi connectivity index (χ2v) is 7.44. The van der Waals surface area contributed by atoms with E-state index in [-0.39, 0.29) is 5.78 Å². The van der Waals surface area contributed by atoms with Crippen LogP contribution in [-0.2, 0) is 6.54 Å². The molecule has 0 aliphatic heterocycles. The Morgan fingerprint density at radius 2 is 2.04 bits per heavy atom. The summed E-state index contributed by atoms with van der Waals surface area (Å²) < 4.78 is 2.04. The van der Waals surface area contributed by atoms with Crippen LogP contribution in [0.25, 0.3) is 10.9 Å². The Labute approximate surface area is 141 Å². The van der Waals surface area contributed by atoms with Gasteiger partial charge >= 0.3 is 0 Å². The molecule has 1 aromatic carbocycles. The highest BCUT2D eigenvalue weighted by Gasteiger charge is 2.18. The molecule has 0 atom stereocenters. The van der Waals surface area contributed by atoms with Gasteiger partial charge in [-0.05, 0) is 18.9 Å². The highest BCUT2D eigenvalue weighted by atomic mass is 32.2. The fraction of sp³-hybridized carbons (Fsp3) is 0.474. The normalized spacial score (nSPS) is 15.6. The molecule has 0 unspecified atom stereocenters. The van der Waals surface area contributed by atoms with E-state index < -0.39 is 0 Å². The van der Waals surface area contributed by atoms with E-state index in [9.17, 15) is 4.79 Å². The lowest BCUT2D eigenvalue weighted by atomic mass is 10.0. The molecule has 0 amide bonds. The quantitative estimate of drug-likeness (QED) is 0.716. The van der Waals surface area contributed by atoms with Gasteiger partial charge in [-0.25, -0.2) is 0 Å². The predicted molar refractivity (Wildman–Crippen MR) is 95.8 cm³/mol. The van der Waals surface area contributed by atoms with Gasteiger partial charge in [-0.3, -0.25) is 4.79 Å². The fourth-order valence-corrected chi connectivity index (χ4v) is 4.54. The van der Waals surface area contributed by atoms with Gasteiger partial charge in [0.1, 0.15) is 0 Å². The van der Waals surface area contributed by atoms with Gasteiger partial charge in [-0.2, -0.15) is 17.0 Å². The number of ketones is 1. The van der Waals surface area contributed by atoms with Crippen molar-refractivity contribution in [2.45, 2.75) is 50.3 Å². The van der Waals surface area contributed by atoms with Gasteiger partial charge in [0.2, 0.25) is 0 Å². The van der Waals surface area contributed by atoms with Crippen molar-refractivity contribution in [3.8, 4) is 6.07 Å². The lowest BCUT2D eigenvalue weighted by molar-refractivity contribution is 0.102. The summed E-state index contributed by atoms with van der Waals surface area (Å²) in [4.78, 5) is 12.7. The molecule has 4 heteroatoms. The molecule has 1 heterocycles. The second-order valence-electron chi connectivity index (χ2n) is 6.16. The van der Waals surface area contributed by atoms with Crippen LogP contribution in [0.1, 0.15) is 48.9 Å². The Morgan fingerprint density at radius 3 is 2.83 bits per heavy atom. The van der Waals surface area contributed by atoms with Crippen molar-refractivity contribution in [2.24, 2.45) is 0 Å². The Hall–Kier alpha value is -1.73. The molecule has 2 aromatic rings. The molecule has 23 heavy (non-hydrogen) atoms. The van der Waals surface area contributed by atoms with E-state index in [1.54, 1.807) is 0 Å². The Bertz CT molecular complexity index is 723. The van der Waals surface area contributed by atoms with Gasteiger partial charge in [-0.15, -0.1) is 0 Å². The Morgan fingerprint density at radius 1 is 1.26 bits per heavy atom. The summed E-state index contributed by atoms with van der Waals surface area (Å²) in [7, 11) is 0. The van der Waals surface area contributed by atoms with E-state index in [1.807, 2.05) is 46.8 Å². The van der Waals surface area contributed by atoms with Gasteiger partial charge in [0.15, 0.2) is 5.78 Å². The molecule has 0 bridgehead atoms. The summed E-state index contributed by atoms with van der Waals surface area (Å²) in [6.45, 7) is 0.639. The third kappa shape index (κ3) is 3.79. The van der Waals surface area contributed by atoms with Crippen molar-refractivity contribution in [2.75, 3.05) is 5.75 Å². The summed E-state index contributed by atoms with van der Waals surface area (Å²) in [5.41, 5.74) is 1.86. The van der Waals surface area contributed by atoms with Gasteiger partial charge in [0.05, 0.1) is 18.2 Å². The van der Waals surface area contributed by atoms with Crippen LogP contribution in [-0.4, -0.2) is 21.4 Å². The number of nitrogens with zero attached hydrogens (tertiary/aromatic N) is 2. The van der Waals surface area contributed by atoms with Crippen LogP contribution in [0, 0.1) is 11.3 Å². The number of hydrogen-bond donors (Lipinski definition) is 0. The lowest BCUT2D eigenvalue weighted by Crippen LogP contribution is -2.12. The molecule has 1 aliphatic carbocycles. The number of fused-ring (bicyclic) bond motifs is 1. The maximum Gasteiger partial charge on any atom is 0.174 e. The number of hydrogen-bond acceptors (Lipinski definition) is 3. The summed E-state index contributed by atoms with van der Waals surface area (Å²) in [6, 6.07) is 10.2. The van der Waals surface area contributed by atoms with Crippen LogP contribution in [0.5, 0.6) is 0 Å². The van der Waals surface area contributed by atoms with E-state index in [0.29, 0.717) is 24.0 Å². The topological polar surface area (TPSA) is 45.8 Å². The van der Waals surface area contributed by atoms with E-state index in [4.69, 9.17) is 5.26 Å². The summed E-state index contributed by atoms with van der Waals surface area (Å²) in [5.74, 6) is 0.782. The molecule has 0 N–H and O–H groups in total. The molecule has 0 spiro atoms. The zero-order valence-electron chi connectivity index (χ0n) is 13.3. The predicted octanol–water partition coefficient (Wildman–Crippen LogP) is 4.80. The number of nitriles is 1. The number of Topliss-reactive ketones (excluding diaryl/α,β-unsaturated/α-hetero) is 1.